The quantitative estimate of drug-likeness (QED) is 0.801. The first-order chi connectivity index (χ1) is 9.38. The Kier molecular flexibility index (Phi) is 4.78. The lowest BCUT2D eigenvalue weighted by molar-refractivity contribution is -0.131. The summed E-state index contributed by atoms with van der Waals surface area (Å²) in [6.07, 6.45) is 5.24. The van der Waals surface area contributed by atoms with Gasteiger partial charge in [-0.3, -0.25) is 4.79 Å². The number of nitrogens with zero attached hydrogens (tertiary/aromatic N) is 2. The number of carbonyl (C=O) groups is 1. The summed E-state index contributed by atoms with van der Waals surface area (Å²) in [5, 5.41) is 0.451. The third kappa shape index (κ3) is 3.78. The number of amides is 1. The van der Waals surface area contributed by atoms with Crippen molar-refractivity contribution in [2.45, 2.75) is 62.8 Å². The minimum Gasteiger partial charge on any atom is -0.436 e. The van der Waals surface area contributed by atoms with Gasteiger partial charge >= 0.3 is 0 Å². The van der Waals surface area contributed by atoms with Gasteiger partial charge < -0.3 is 9.32 Å². The third-order valence-electron chi connectivity index (χ3n) is 3.52. The maximum Gasteiger partial charge on any atom is 0.256 e. The first-order valence-corrected chi connectivity index (χ1v) is 8.17. The standard InChI is InChI=1S/C15H24N2O2S/c1-11(13(18)17-8-6-5-7-9-17)20-14-16-10-12(19-14)15(2,3)4/h10-11H,5-9H2,1-4H3. The molecule has 1 fully saturated rings. The van der Waals surface area contributed by atoms with E-state index in [0.717, 1.165) is 31.7 Å². The van der Waals surface area contributed by atoms with Gasteiger partial charge in [0.1, 0.15) is 5.76 Å². The summed E-state index contributed by atoms with van der Waals surface area (Å²) in [4.78, 5) is 18.6. The van der Waals surface area contributed by atoms with Crippen LogP contribution in [-0.4, -0.2) is 34.1 Å². The second kappa shape index (κ2) is 6.20. The Morgan fingerprint density at radius 2 is 2.00 bits per heavy atom. The molecule has 0 spiro atoms. The van der Waals surface area contributed by atoms with Crippen LogP contribution < -0.4 is 0 Å². The largest absolute Gasteiger partial charge is 0.436 e. The molecule has 1 unspecified atom stereocenters. The molecule has 2 heterocycles. The highest BCUT2D eigenvalue weighted by Gasteiger charge is 2.25. The lowest BCUT2D eigenvalue weighted by Gasteiger charge is -2.28. The van der Waals surface area contributed by atoms with Gasteiger partial charge in [-0.05, 0) is 26.2 Å². The highest BCUT2D eigenvalue weighted by Crippen LogP contribution is 2.29. The number of aromatic nitrogens is 1. The molecule has 1 aromatic heterocycles. The maximum absolute atomic E-state index is 12.3. The number of rotatable bonds is 3. The molecule has 0 aliphatic carbocycles. The van der Waals surface area contributed by atoms with Crippen molar-refractivity contribution in [1.29, 1.82) is 0 Å². The number of carbonyl (C=O) groups excluding carboxylic acids is 1. The van der Waals surface area contributed by atoms with E-state index < -0.39 is 0 Å². The second-order valence-corrected chi connectivity index (χ2v) is 7.68. The molecule has 0 aromatic carbocycles. The predicted molar refractivity (Wildman–Crippen MR) is 81.0 cm³/mol. The molecule has 0 N–H and O–H groups in total. The molecule has 0 saturated carbocycles. The molecule has 5 heteroatoms. The first-order valence-electron chi connectivity index (χ1n) is 7.29. The summed E-state index contributed by atoms with van der Waals surface area (Å²) in [6.45, 7) is 9.98. The molecule has 20 heavy (non-hydrogen) atoms. The lowest BCUT2D eigenvalue weighted by Crippen LogP contribution is -2.40. The molecule has 112 valence electrons. The van der Waals surface area contributed by atoms with Gasteiger partial charge in [-0.25, -0.2) is 4.98 Å². The van der Waals surface area contributed by atoms with Crippen molar-refractivity contribution in [1.82, 2.24) is 9.88 Å². The van der Waals surface area contributed by atoms with Gasteiger partial charge in [-0.15, -0.1) is 0 Å². The minimum atomic E-state index is -0.139. The van der Waals surface area contributed by atoms with Crippen LogP contribution in [0.4, 0.5) is 0 Å². The lowest BCUT2D eigenvalue weighted by atomic mass is 9.94. The van der Waals surface area contributed by atoms with Crippen molar-refractivity contribution in [3.8, 4) is 0 Å². The Bertz CT molecular complexity index is 459. The molecular formula is C15H24N2O2S. The average Bonchev–Trinajstić information content (AvgIpc) is 2.87. The summed E-state index contributed by atoms with van der Waals surface area (Å²) in [7, 11) is 0. The molecule has 1 aliphatic heterocycles. The Morgan fingerprint density at radius 1 is 1.35 bits per heavy atom. The first kappa shape index (κ1) is 15.4. The number of hydrogen-bond donors (Lipinski definition) is 0. The van der Waals surface area contributed by atoms with Gasteiger partial charge in [0, 0.05) is 18.5 Å². The highest BCUT2D eigenvalue weighted by atomic mass is 32.2. The summed E-state index contributed by atoms with van der Waals surface area (Å²) < 4.78 is 5.74. The van der Waals surface area contributed by atoms with Crippen molar-refractivity contribution in [2.24, 2.45) is 0 Å². The number of likely N-dealkylation sites (tertiary alicyclic amines) is 1. The number of piperidine rings is 1. The Morgan fingerprint density at radius 3 is 2.55 bits per heavy atom. The van der Waals surface area contributed by atoms with Gasteiger partial charge in [0.05, 0.1) is 11.4 Å². The molecule has 4 nitrogen and oxygen atoms in total. The fraction of sp³-hybridized carbons (Fsp3) is 0.733. The smallest absolute Gasteiger partial charge is 0.256 e. The zero-order chi connectivity index (χ0) is 14.8. The monoisotopic (exact) mass is 296 g/mol. The number of hydrogen-bond acceptors (Lipinski definition) is 4. The zero-order valence-electron chi connectivity index (χ0n) is 12.8. The molecule has 0 bridgehead atoms. The van der Waals surface area contributed by atoms with Crippen LogP contribution in [0.25, 0.3) is 0 Å². The maximum atomic E-state index is 12.3. The van der Waals surface area contributed by atoms with E-state index in [9.17, 15) is 4.79 Å². The van der Waals surface area contributed by atoms with E-state index in [4.69, 9.17) is 4.42 Å². The van der Waals surface area contributed by atoms with Crippen molar-refractivity contribution >= 4 is 17.7 Å². The molecule has 1 aromatic rings. The predicted octanol–water partition coefficient (Wildman–Crippen LogP) is 3.47. The average molecular weight is 296 g/mol. The fourth-order valence-electron chi connectivity index (χ4n) is 2.23. The van der Waals surface area contributed by atoms with Crippen LogP contribution in [0.5, 0.6) is 0 Å². The summed E-state index contributed by atoms with van der Waals surface area (Å²) in [6, 6.07) is 0. The van der Waals surface area contributed by atoms with Crippen LogP contribution in [0.2, 0.25) is 0 Å². The van der Waals surface area contributed by atoms with Crippen molar-refractivity contribution in [3.05, 3.63) is 12.0 Å². The van der Waals surface area contributed by atoms with Crippen LogP contribution in [0.1, 0.15) is 52.7 Å². The van der Waals surface area contributed by atoms with E-state index in [0.29, 0.717) is 5.22 Å². The Labute approximate surface area is 125 Å². The number of oxazole rings is 1. The van der Waals surface area contributed by atoms with Crippen LogP contribution in [0.3, 0.4) is 0 Å². The summed E-state index contributed by atoms with van der Waals surface area (Å²) >= 11 is 1.41. The van der Waals surface area contributed by atoms with E-state index in [1.54, 1.807) is 6.20 Å². The van der Waals surface area contributed by atoms with E-state index in [1.807, 2.05) is 11.8 Å². The van der Waals surface area contributed by atoms with E-state index in [2.05, 4.69) is 25.8 Å². The summed E-state index contributed by atoms with van der Waals surface area (Å²) in [5.74, 6) is 1.06. The van der Waals surface area contributed by atoms with Crippen LogP contribution >= 0.6 is 11.8 Å². The minimum absolute atomic E-state index is 0.0497. The van der Waals surface area contributed by atoms with Crippen molar-refractivity contribution < 1.29 is 9.21 Å². The molecular weight excluding hydrogens is 272 g/mol. The highest BCUT2D eigenvalue weighted by molar-refractivity contribution is 8.00. The van der Waals surface area contributed by atoms with E-state index >= 15 is 0 Å². The summed E-state index contributed by atoms with van der Waals surface area (Å²) in [5.41, 5.74) is -0.0497. The fourth-order valence-corrected chi connectivity index (χ4v) is 3.04. The molecule has 1 atom stereocenters. The molecule has 1 aliphatic rings. The topological polar surface area (TPSA) is 46.3 Å². The van der Waals surface area contributed by atoms with E-state index in [1.165, 1.54) is 18.2 Å². The van der Waals surface area contributed by atoms with Crippen LogP contribution in [-0.2, 0) is 10.2 Å². The Hall–Kier alpha value is -0.970. The molecule has 1 amide bonds. The van der Waals surface area contributed by atoms with Gasteiger partial charge in [0.25, 0.3) is 5.22 Å². The van der Waals surface area contributed by atoms with Gasteiger partial charge in [0.2, 0.25) is 5.91 Å². The SMILES string of the molecule is CC(Sc1ncc(C(C)(C)C)o1)C(=O)N1CCCCC1. The number of thioether (sulfide) groups is 1. The van der Waals surface area contributed by atoms with Crippen molar-refractivity contribution in [2.75, 3.05) is 13.1 Å². The third-order valence-corrected chi connectivity index (χ3v) is 4.46. The van der Waals surface area contributed by atoms with Crippen molar-refractivity contribution in [3.63, 3.8) is 0 Å². The second-order valence-electron chi connectivity index (χ2n) is 6.39. The molecule has 2 rings (SSSR count). The van der Waals surface area contributed by atoms with Crippen LogP contribution in [0.15, 0.2) is 15.8 Å². The van der Waals surface area contributed by atoms with Gasteiger partial charge in [0.15, 0.2) is 0 Å². The van der Waals surface area contributed by atoms with Crippen LogP contribution in [0, 0.1) is 0 Å². The molecule has 0 radical (unpaired) electrons. The normalized spacial score (nSPS) is 18.1. The van der Waals surface area contributed by atoms with E-state index in [-0.39, 0.29) is 16.6 Å². The molecule has 1 saturated heterocycles. The zero-order valence-corrected chi connectivity index (χ0v) is 13.6. The Balaban J connectivity index is 1.95. The van der Waals surface area contributed by atoms with Gasteiger partial charge in [-0.2, -0.15) is 0 Å². The van der Waals surface area contributed by atoms with Gasteiger partial charge in [-0.1, -0.05) is 32.5 Å².